The Bertz CT molecular complexity index is 1350. The summed E-state index contributed by atoms with van der Waals surface area (Å²) in [6.45, 7) is 1.60. The Labute approximate surface area is 230 Å². The second-order valence-corrected chi connectivity index (χ2v) is 12.2. The number of carbonyl (C=O) groups excluding carboxylic acids is 2. The third-order valence-corrected chi connectivity index (χ3v) is 9.17. The molecule has 0 saturated carbocycles. The number of carbonyl (C=O) groups is 3. The van der Waals surface area contributed by atoms with E-state index in [0.717, 1.165) is 16.3 Å². The van der Waals surface area contributed by atoms with Gasteiger partial charge in [0.2, 0.25) is 5.88 Å². The summed E-state index contributed by atoms with van der Waals surface area (Å²) in [5, 5.41) is 23.8. The molecule has 0 radical (unpaired) electrons. The minimum absolute atomic E-state index is 0.0281. The van der Waals surface area contributed by atoms with Gasteiger partial charge in [0.05, 0.1) is 0 Å². The summed E-state index contributed by atoms with van der Waals surface area (Å²) >= 11 is 11.2. The Hall–Kier alpha value is -3.04. The molecule has 18 heteroatoms. The van der Waals surface area contributed by atoms with Gasteiger partial charge in [-0.1, -0.05) is 57.1 Å². The molecule has 4 heterocycles. The number of oxime groups is 1. The summed E-state index contributed by atoms with van der Waals surface area (Å²) in [6, 6.07) is -1.00. The fourth-order valence-corrected chi connectivity index (χ4v) is 7.39. The molecule has 2 atom stereocenters. The van der Waals surface area contributed by atoms with Crippen LogP contribution in [0.2, 0.25) is 4.34 Å². The molecule has 4 rings (SSSR count). The largest absolute Gasteiger partial charge is 0.512 e. The van der Waals surface area contributed by atoms with Crippen LogP contribution in [-0.4, -0.2) is 78.4 Å². The number of ether oxygens (including phenoxy) is 1. The minimum Gasteiger partial charge on any atom is -0.449 e. The molecule has 2 aromatic rings. The van der Waals surface area contributed by atoms with Gasteiger partial charge in [-0.2, -0.15) is 0 Å². The van der Waals surface area contributed by atoms with E-state index in [0.29, 0.717) is 21.4 Å². The van der Waals surface area contributed by atoms with Crippen molar-refractivity contribution in [3.05, 3.63) is 26.5 Å². The molecule has 1 saturated heterocycles. The SMILES string of the molecule is C#CCON=C(C(=O)NC1C(=O)N2C(OC(=O)O)=C(CSc3nnc(C)s3)CS[C@@H]12)c1nc(N)sc1Cl. The van der Waals surface area contributed by atoms with Gasteiger partial charge in [-0.25, -0.2) is 9.78 Å². The molecule has 2 aliphatic rings. The molecule has 0 bridgehead atoms. The zero-order chi connectivity index (χ0) is 26.7. The van der Waals surface area contributed by atoms with E-state index in [1.807, 2.05) is 6.92 Å². The molecular formula is C19H16ClN7O6S4. The number of amides is 2. The zero-order valence-corrected chi connectivity index (χ0v) is 22.7. The third-order valence-electron chi connectivity index (χ3n) is 4.69. The van der Waals surface area contributed by atoms with E-state index in [1.165, 1.54) is 39.8 Å². The Balaban J connectivity index is 1.51. The summed E-state index contributed by atoms with van der Waals surface area (Å²) in [4.78, 5) is 47.6. The first-order valence-corrected chi connectivity index (χ1v) is 14.1. The minimum atomic E-state index is -1.56. The van der Waals surface area contributed by atoms with Crippen LogP contribution in [0.4, 0.5) is 9.93 Å². The van der Waals surface area contributed by atoms with Crippen molar-refractivity contribution < 1.29 is 29.1 Å². The summed E-state index contributed by atoms with van der Waals surface area (Å²) < 4.78 is 5.78. The molecule has 0 aromatic carbocycles. The number of nitrogens with two attached hydrogens (primary N) is 1. The van der Waals surface area contributed by atoms with Crippen molar-refractivity contribution in [3.63, 3.8) is 0 Å². The number of β-lactam (4-membered cyclic amide) rings is 1. The number of carboxylic acid groups (broad SMARTS) is 1. The highest BCUT2D eigenvalue weighted by Gasteiger charge is 2.54. The number of fused-ring (bicyclic) bond motifs is 1. The Morgan fingerprint density at radius 2 is 2.22 bits per heavy atom. The standard InChI is InChI=1S/C19H16ClN7O6S4/c1-3-4-32-26-10(9-12(20)37-17(21)23-9)13(28)22-11-14(29)27-15(33-19(30)31)8(5-34-16(11)27)6-35-18-25-24-7(2)36-18/h1,11,16H,4-6H2,2H3,(H2,21,23)(H,22,28)(H,30,31)/t11?,16-/m0/s1. The van der Waals surface area contributed by atoms with Crippen molar-refractivity contribution in [2.75, 3.05) is 23.8 Å². The number of hydrogen-bond acceptors (Lipinski definition) is 14. The quantitative estimate of drug-likeness (QED) is 0.0724. The lowest BCUT2D eigenvalue weighted by Crippen LogP contribution is -2.70. The fourth-order valence-electron chi connectivity index (χ4n) is 3.19. The van der Waals surface area contributed by atoms with Gasteiger partial charge in [0.25, 0.3) is 11.8 Å². The number of nitrogen functional groups attached to an aromatic ring is 1. The number of anilines is 1. The second-order valence-electron chi connectivity index (χ2n) is 7.11. The zero-order valence-electron chi connectivity index (χ0n) is 18.7. The number of aryl methyl sites for hydroxylation is 1. The first-order chi connectivity index (χ1) is 17.7. The first-order valence-electron chi connectivity index (χ1n) is 10.1. The van der Waals surface area contributed by atoms with E-state index < -0.39 is 29.4 Å². The summed E-state index contributed by atoms with van der Waals surface area (Å²) in [5.41, 5.74) is 5.92. The normalized spacial score (nSPS) is 19.1. The van der Waals surface area contributed by atoms with E-state index >= 15 is 0 Å². The molecule has 1 unspecified atom stereocenters. The fraction of sp³-hybridized carbons (Fsp3) is 0.316. The Morgan fingerprint density at radius 3 is 2.84 bits per heavy atom. The van der Waals surface area contributed by atoms with E-state index in [9.17, 15) is 19.5 Å². The maximum absolute atomic E-state index is 13.1. The van der Waals surface area contributed by atoms with Crippen molar-refractivity contribution in [1.29, 1.82) is 0 Å². The molecule has 37 heavy (non-hydrogen) atoms. The first kappa shape index (κ1) is 27.0. The highest BCUT2D eigenvalue weighted by molar-refractivity contribution is 8.01. The van der Waals surface area contributed by atoms with E-state index in [4.69, 9.17) is 33.3 Å². The average molecular weight is 602 g/mol. The van der Waals surface area contributed by atoms with Gasteiger partial charge in [0.15, 0.2) is 21.8 Å². The number of hydrogen-bond donors (Lipinski definition) is 3. The van der Waals surface area contributed by atoms with Crippen molar-refractivity contribution in [1.82, 2.24) is 25.4 Å². The number of thiazole rings is 1. The van der Waals surface area contributed by atoms with Crippen LogP contribution in [0.15, 0.2) is 21.0 Å². The van der Waals surface area contributed by atoms with Crippen LogP contribution in [0, 0.1) is 19.3 Å². The van der Waals surface area contributed by atoms with Crippen LogP contribution >= 0.6 is 57.8 Å². The van der Waals surface area contributed by atoms with Crippen LogP contribution in [0.5, 0.6) is 0 Å². The van der Waals surface area contributed by atoms with Gasteiger partial charge in [-0.3, -0.25) is 14.5 Å². The van der Waals surface area contributed by atoms with E-state index in [2.05, 4.69) is 31.6 Å². The van der Waals surface area contributed by atoms with Gasteiger partial charge in [0, 0.05) is 17.1 Å². The van der Waals surface area contributed by atoms with Crippen molar-refractivity contribution >= 4 is 86.6 Å². The van der Waals surface area contributed by atoms with Crippen molar-refractivity contribution in [2.24, 2.45) is 5.16 Å². The predicted molar refractivity (Wildman–Crippen MR) is 139 cm³/mol. The van der Waals surface area contributed by atoms with Gasteiger partial charge in [0.1, 0.15) is 26.5 Å². The molecule has 2 aromatic heterocycles. The topological polar surface area (TPSA) is 182 Å². The number of nitrogens with one attached hydrogen (secondary N) is 1. The molecule has 2 amide bonds. The van der Waals surface area contributed by atoms with Gasteiger partial charge in [-0.05, 0) is 6.92 Å². The third kappa shape index (κ3) is 5.93. The molecule has 194 valence electrons. The second kappa shape index (κ2) is 11.6. The Morgan fingerprint density at radius 1 is 1.43 bits per heavy atom. The maximum Gasteiger partial charge on any atom is 0.512 e. The summed E-state index contributed by atoms with van der Waals surface area (Å²) in [5.74, 6) is 1.45. The average Bonchev–Trinajstić information content (AvgIpc) is 3.42. The van der Waals surface area contributed by atoms with Gasteiger partial charge < -0.3 is 25.7 Å². The number of terminal acetylenes is 1. The van der Waals surface area contributed by atoms with Crippen LogP contribution < -0.4 is 11.1 Å². The molecule has 13 nitrogen and oxygen atoms in total. The number of rotatable bonds is 9. The lowest BCUT2D eigenvalue weighted by molar-refractivity contribution is -0.148. The predicted octanol–water partition coefficient (Wildman–Crippen LogP) is 1.99. The van der Waals surface area contributed by atoms with Crippen LogP contribution in [-0.2, 0) is 19.2 Å². The number of thioether (sulfide) groups is 2. The molecule has 2 aliphatic heterocycles. The smallest absolute Gasteiger partial charge is 0.449 e. The number of aromatic nitrogens is 3. The van der Waals surface area contributed by atoms with Crippen molar-refractivity contribution in [3.8, 4) is 12.3 Å². The monoisotopic (exact) mass is 601 g/mol. The van der Waals surface area contributed by atoms with E-state index in [-0.39, 0.29) is 33.4 Å². The molecule has 4 N–H and O–H groups in total. The van der Waals surface area contributed by atoms with Crippen LogP contribution in [0.25, 0.3) is 0 Å². The molecule has 0 spiro atoms. The summed E-state index contributed by atoms with van der Waals surface area (Å²) in [6.07, 6.45) is 3.59. The Kier molecular flexibility index (Phi) is 8.44. The molecule has 1 fully saturated rings. The summed E-state index contributed by atoms with van der Waals surface area (Å²) in [7, 11) is 0. The van der Waals surface area contributed by atoms with Gasteiger partial charge in [-0.15, -0.1) is 28.4 Å². The highest BCUT2D eigenvalue weighted by Crippen LogP contribution is 2.42. The molecule has 0 aliphatic carbocycles. The highest BCUT2D eigenvalue weighted by atomic mass is 35.5. The number of nitrogens with zero attached hydrogens (tertiary/aromatic N) is 5. The van der Waals surface area contributed by atoms with Crippen molar-refractivity contribution in [2.45, 2.75) is 22.7 Å². The lowest BCUT2D eigenvalue weighted by Gasteiger charge is -2.49. The van der Waals surface area contributed by atoms with Gasteiger partial charge >= 0.3 is 6.16 Å². The lowest BCUT2D eigenvalue weighted by atomic mass is 10.1. The van der Waals surface area contributed by atoms with E-state index in [1.54, 1.807) is 0 Å². The number of halogens is 1. The maximum atomic E-state index is 13.1. The van der Waals surface area contributed by atoms with Crippen LogP contribution in [0.3, 0.4) is 0 Å². The molecular weight excluding hydrogens is 586 g/mol. The van der Waals surface area contributed by atoms with Crippen LogP contribution in [0.1, 0.15) is 10.7 Å².